The minimum absolute atomic E-state index is 0.979. The van der Waals surface area contributed by atoms with E-state index in [-0.39, 0.29) is 0 Å². The first-order valence-electron chi connectivity index (χ1n) is 5.43. The van der Waals surface area contributed by atoms with E-state index in [0.717, 1.165) is 16.8 Å². The first-order valence-corrected chi connectivity index (χ1v) is 5.43. The van der Waals surface area contributed by atoms with Crippen LogP contribution in [-0.4, -0.2) is 14.2 Å². The van der Waals surface area contributed by atoms with E-state index in [1.807, 2.05) is 7.05 Å². The summed E-state index contributed by atoms with van der Waals surface area (Å²) in [6.07, 6.45) is 0. The Morgan fingerprint density at radius 3 is 2.50 bits per heavy atom. The van der Waals surface area contributed by atoms with Crippen molar-refractivity contribution in [3.05, 3.63) is 35.4 Å². The van der Waals surface area contributed by atoms with Crippen LogP contribution in [0.15, 0.2) is 24.3 Å². The zero-order valence-electron chi connectivity index (χ0n) is 10.2. The van der Waals surface area contributed by atoms with Crippen LogP contribution in [0, 0.1) is 13.8 Å². The fraction of sp³-hybridized carbons (Fsp3) is 0.286. The van der Waals surface area contributed by atoms with E-state index >= 15 is 0 Å². The van der Waals surface area contributed by atoms with E-state index in [1.54, 1.807) is 7.11 Å². The van der Waals surface area contributed by atoms with Crippen LogP contribution in [-0.2, 0) is 0 Å². The molecule has 0 bridgehead atoms. The number of ether oxygens (including phenoxy) is 1. The van der Waals surface area contributed by atoms with Crippen LogP contribution in [0.5, 0.6) is 5.75 Å². The minimum atomic E-state index is 0.979. The standard InChI is InChI=1S/C14H17NO/c1-9-7-11-5-6-12(15-3)8-13(11)14(16-4)10(9)2/h5-8,15H,1-4H3. The Bertz CT molecular complexity index is 532. The number of anilines is 1. The van der Waals surface area contributed by atoms with Crippen LogP contribution in [0.3, 0.4) is 0 Å². The van der Waals surface area contributed by atoms with Crippen molar-refractivity contribution in [2.45, 2.75) is 13.8 Å². The maximum atomic E-state index is 5.51. The zero-order chi connectivity index (χ0) is 11.7. The maximum Gasteiger partial charge on any atom is 0.129 e. The van der Waals surface area contributed by atoms with Gasteiger partial charge in [0.1, 0.15) is 5.75 Å². The largest absolute Gasteiger partial charge is 0.496 e. The number of rotatable bonds is 2. The second-order valence-corrected chi connectivity index (χ2v) is 4.04. The normalized spacial score (nSPS) is 10.5. The van der Waals surface area contributed by atoms with E-state index < -0.39 is 0 Å². The van der Waals surface area contributed by atoms with Crippen molar-refractivity contribution >= 4 is 16.5 Å². The number of methoxy groups -OCH3 is 1. The van der Waals surface area contributed by atoms with Gasteiger partial charge in [-0.05, 0) is 42.5 Å². The smallest absolute Gasteiger partial charge is 0.129 e. The van der Waals surface area contributed by atoms with Gasteiger partial charge in [-0.25, -0.2) is 0 Å². The minimum Gasteiger partial charge on any atom is -0.496 e. The second-order valence-electron chi connectivity index (χ2n) is 4.04. The molecule has 1 N–H and O–H groups in total. The molecule has 0 aliphatic heterocycles. The third kappa shape index (κ3) is 1.60. The van der Waals surface area contributed by atoms with Gasteiger partial charge in [0.05, 0.1) is 7.11 Å². The highest BCUT2D eigenvalue weighted by Gasteiger charge is 2.08. The molecule has 0 aliphatic carbocycles. The van der Waals surface area contributed by atoms with Crippen LogP contribution >= 0.6 is 0 Å². The lowest BCUT2D eigenvalue weighted by atomic mass is 10.0. The summed E-state index contributed by atoms with van der Waals surface area (Å²) >= 11 is 0. The van der Waals surface area contributed by atoms with Gasteiger partial charge in [-0.2, -0.15) is 0 Å². The van der Waals surface area contributed by atoms with Gasteiger partial charge in [-0.1, -0.05) is 12.1 Å². The highest BCUT2D eigenvalue weighted by atomic mass is 16.5. The molecule has 0 atom stereocenters. The lowest BCUT2D eigenvalue weighted by Gasteiger charge is -2.13. The molecule has 2 aromatic carbocycles. The van der Waals surface area contributed by atoms with Gasteiger partial charge in [0.25, 0.3) is 0 Å². The van der Waals surface area contributed by atoms with Crippen molar-refractivity contribution in [3.63, 3.8) is 0 Å². The Morgan fingerprint density at radius 1 is 1.12 bits per heavy atom. The van der Waals surface area contributed by atoms with Gasteiger partial charge in [-0.3, -0.25) is 0 Å². The van der Waals surface area contributed by atoms with Crippen molar-refractivity contribution in [1.29, 1.82) is 0 Å². The van der Waals surface area contributed by atoms with Crippen LogP contribution in [0.2, 0.25) is 0 Å². The Labute approximate surface area is 96.2 Å². The SMILES string of the molecule is CNc1ccc2cc(C)c(C)c(OC)c2c1. The highest BCUT2D eigenvalue weighted by molar-refractivity contribution is 5.93. The number of aryl methyl sites for hydroxylation is 1. The molecule has 2 heteroatoms. The molecule has 0 aromatic heterocycles. The molecule has 0 amide bonds. The predicted octanol–water partition coefficient (Wildman–Crippen LogP) is 3.51. The third-order valence-corrected chi connectivity index (χ3v) is 3.09. The summed E-state index contributed by atoms with van der Waals surface area (Å²) in [5, 5.41) is 5.53. The summed E-state index contributed by atoms with van der Waals surface area (Å²) in [5.74, 6) is 0.979. The third-order valence-electron chi connectivity index (χ3n) is 3.09. The van der Waals surface area contributed by atoms with E-state index in [9.17, 15) is 0 Å². The van der Waals surface area contributed by atoms with E-state index in [4.69, 9.17) is 4.74 Å². The average Bonchev–Trinajstić information content (AvgIpc) is 2.30. The average molecular weight is 215 g/mol. The van der Waals surface area contributed by atoms with Crippen molar-refractivity contribution in [2.75, 3.05) is 19.5 Å². The van der Waals surface area contributed by atoms with Crippen LogP contribution < -0.4 is 10.1 Å². The number of fused-ring (bicyclic) bond motifs is 1. The molecular formula is C14H17NO. The summed E-state index contributed by atoms with van der Waals surface area (Å²) in [7, 11) is 3.65. The summed E-state index contributed by atoms with van der Waals surface area (Å²) in [5.41, 5.74) is 3.58. The Morgan fingerprint density at radius 2 is 1.88 bits per heavy atom. The topological polar surface area (TPSA) is 21.3 Å². The van der Waals surface area contributed by atoms with Gasteiger partial charge >= 0.3 is 0 Å². The number of hydrogen-bond donors (Lipinski definition) is 1. The summed E-state index contributed by atoms with van der Waals surface area (Å²) in [6.45, 7) is 4.21. The van der Waals surface area contributed by atoms with Crippen LogP contribution in [0.25, 0.3) is 10.8 Å². The number of hydrogen-bond acceptors (Lipinski definition) is 2. The molecule has 0 saturated heterocycles. The molecular weight excluding hydrogens is 198 g/mol. The van der Waals surface area contributed by atoms with Crippen molar-refractivity contribution in [2.24, 2.45) is 0 Å². The van der Waals surface area contributed by atoms with Crippen molar-refractivity contribution < 1.29 is 4.74 Å². The molecule has 2 aromatic rings. The summed E-state index contributed by atoms with van der Waals surface area (Å²) < 4.78 is 5.51. The quantitative estimate of drug-likeness (QED) is 0.827. The molecule has 0 radical (unpaired) electrons. The zero-order valence-corrected chi connectivity index (χ0v) is 10.2. The molecule has 2 nitrogen and oxygen atoms in total. The van der Waals surface area contributed by atoms with E-state index in [0.29, 0.717) is 0 Å². The molecule has 0 fully saturated rings. The van der Waals surface area contributed by atoms with Gasteiger partial charge in [-0.15, -0.1) is 0 Å². The molecule has 84 valence electrons. The predicted molar refractivity (Wildman–Crippen MR) is 69.5 cm³/mol. The first-order chi connectivity index (χ1) is 7.67. The van der Waals surface area contributed by atoms with Gasteiger partial charge < -0.3 is 10.1 Å². The Balaban J connectivity index is 2.81. The molecule has 0 saturated carbocycles. The molecule has 2 rings (SSSR count). The first kappa shape index (κ1) is 10.8. The van der Waals surface area contributed by atoms with Crippen LogP contribution in [0.1, 0.15) is 11.1 Å². The number of nitrogens with one attached hydrogen (secondary N) is 1. The molecule has 0 aliphatic rings. The summed E-state index contributed by atoms with van der Waals surface area (Å²) in [6, 6.07) is 8.53. The number of benzene rings is 2. The van der Waals surface area contributed by atoms with E-state index in [1.165, 1.54) is 16.5 Å². The van der Waals surface area contributed by atoms with Gasteiger partial charge in [0.15, 0.2) is 0 Å². The maximum absolute atomic E-state index is 5.51. The van der Waals surface area contributed by atoms with Crippen LogP contribution in [0.4, 0.5) is 5.69 Å². The monoisotopic (exact) mass is 215 g/mol. The fourth-order valence-electron chi connectivity index (χ4n) is 2.02. The van der Waals surface area contributed by atoms with Gasteiger partial charge in [0.2, 0.25) is 0 Å². The lowest BCUT2D eigenvalue weighted by Crippen LogP contribution is -1.94. The van der Waals surface area contributed by atoms with E-state index in [2.05, 4.69) is 43.4 Å². The Hall–Kier alpha value is -1.70. The molecule has 0 spiro atoms. The lowest BCUT2D eigenvalue weighted by molar-refractivity contribution is 0.416. The highest BCUT2D eigenvalue weighted by Crippen LogP contribution is 2.33. The molecule has 0 unspecified atom stereocenters. The Kier molecular flexibility index (Phi) is 2.73. The van der Waals surface area contributed by atoms with Gasteiger partial charge in [0, 0.05) is 18.1 Å². The fourth-order valence-corrected chi connectivity index (χ4v) is 2.02. The summed E-state index contributed by atoms with van der Waals surface area (Å²) in [4.78, 5) is 0. The van der Waals surface area contributed by atoms with Crippen molar-refractivity contribution in [3.8, 4) is 5.75 Å². The van der Waals surface area contributed by atoms with Crippen molar-refractivity contribution in [1.82, 2.24) is 0 Å². The molecule has 0 heterocycles. The second kappa shape index (κ2) is 4.05. The molecule has 16 heavy (non-hydrogen) atoms.